The molecule has 22 heavy (non-hydrogen) atoms. The summed E-state index contributed by atoms with van der Waals surface area (Å²) in [6.45, 7) is 1.45. The second-order valence-electron chi connectivity index (χ2n) is 5.29. The number of carboxylic acids is 1. The smallest absolute Gasteiger partial charge is 0.329 e. The lowest BCUT2D eigenvalue weighted by molar-refractivity contribution is -0.144. The highest BCUT2D eigenvalue weighted by Crippen LogP contribution is 2.30. The van der Waals surface area contributed by atoms with E-state index in [1.54, 1.807) is 0 Å². The molecule has 0 unspecified atom stereocenters. The van der Waals surface area contributed by atoms with E-state index in [0.29, 0.717) is 12.8 Å². The van der Waals surface area contributed by atoms with Crippen LogP contribution in [0.5, 0.6) is 0 Å². The van der Waals surface area contributed by atoms with Gasteiger partial charge in [0, 0.05) is 6.07 Å². The summed E-state index contributed by atoms with van der Waals surface area (Å²) in [4.78, 5) is 23.8. The Kier molecular flexibility index (Phi) is 4.30. The standard InChI is InChI=1S/C13H18N2O6S/c1-8-9(7-10(21-8)22(19,20)14-2)11(16)15-13(12(17)18)5-3-4-6-13/h7,14H,3-6H2,1-2H3,(H,15,16)(H,17,18). The summed E-state index contributed by atoms with van der Waals surface area (Å²) in [5.74, 6) is -1.62. The maximum absolute atomic E-state index is 12.3. The Morgan fingerprint density at radius 3 is 2.41 bits per heavy atom. The molecule has 1 heterocycles. The van der Waals surface area contributed by atoms with Gasteiger partial charge in [0.25, 0.3) is 15.9 Å². The van der Waals surface area contributed by atoms with Gasteiger partial charge in [-0.05, 0) is 26.8 Å². The largest absolute Gasteiger partial charge is 0.480 e. The average Bonchev–Trinajstić information content (AvgIpc) is 3.06. The molecule has 1 aliphatic rings. The van der Waals surface area contributed by atoms with Crippen molar-refractivity contribution in [3.8, 4) is 0 Å². The molecular formula is C13H18N2O6S. The average molecular weight is 330 g/mol. The van der Waals surface area contributed by atoms with E-state index in [-0.39, 0.29) is 16.4 Å². The lowest BCUT2D eigenvalue weighted by Gasteiger charge is -2.25. The Morgan fingerprint density at radius 1 is 1.32 bits per heavy atom. The van der Waals surface area contributed by atoms with Crippen molar-refractivity contribution in [3.05, 3.63) is 17.4 Å². The van der Waals surface area contributed by atoms with Crippen LogP contribution in [0.15, 0.2) is 15.6 Å². The molecule has 1 amide bonds. The van der Waals surface area contributed by atoms with Gasteiger partial charge in [-0.25, -0.2) is 17.9 Å². The van der Waals surface area contributed by atoms with Crippen LogP contribution in [-0.4, -0.2) is 38.0 Å². The van der Waals surface area contributed by atoms with Gasteiger partial charge in [-0.3, -0.25) is 4.79 Å². The minimum atomic E-state index is -3.81. The van der Waals surface area contributed by atoms with Gasteiger partial charge < -0.3 is 14.8 Å². The monoisotopic (exact) mass is 330 g/mol. The van der Waals surface area contributed by atoms with Crippen molar-refractivity contribution in [2.24, 2.45) is 0 Å². The molecule has 0 aliphatic heterocycles. The van der Waals surface area contributed by atoms with Gasteiger partial charge >= 0.3 is 5.97 Å². The minimum Gasteiger partial charge on any atom is -0.480 e. The molecule has 3 N–H and O–H groups in total. The molecule has 0 spiro atoms. The van der Waals surface area contributed by atoms with Gasteiger partial charge in [0.05, 0.1) is 5.56 Å². The molecule has 1 aromatic rings. The van der Waals surface area contributed by atoms with E-state index in [1.807, 2.05) is 0 Å². The van der Waals surface area contributed by atoms with E-state index in [4.69, 9.17) is 4.42 Å². The second kappa shape index (κ2) is 5.73. The predicted molar refractivity (Wildman–Crippen MR) is 76.0 cm³/mol. The first kappa shape index (κ1) is 16.5. The van der Waals surface area contributed by atoms with Crippen LogP contribution in [0.2, 0.25) is 0 Å². The zero-order chi connectivity index (χ0) is 16.5. The van der Waals surface area contributed by atoms with E-state index in [2.05, 4.69) is 10.0 Å². The molecule has 0 bridgehead atoms. The highest BCUT2D eigenvalue weighted by molar-refractivity contribution is 7.89. The van der Waals surface area contributed by atoms with Crippen molar-refractivity contribution < 1.29 is 27.5 Å². The van der Waals surface area contributed by atoms with Crippen molar-refractivity contribution in [1.82, 2.24) is 10.0 Å². The van der Waals surface area contributed by atoms with Gasteiger partial charge in [0.15, 0.2) is 0 Å². The van der Waals surface area contributed by atoms with Crippen molar-refractivity contribution >= 4 is 21.9 Å². The molecule has 1 fully saturated rings. The summed E-state index contributed by atoms with van der Waals surface area (Å²) in [6.07, 6.45) is 2.14. The molecule has 122 valence electrons. The fourth-order valence-electron chi connectivity index (χ4n) is 2.57. The Bertz CT molecular complexity index is 700. The van der Waals surface area contributed by atoms with Crippen molar-refractivity contribution in [2.45, 2.75) is 43.2 Å². The lowest BCUT2D eigenvalue weighted by atomic mass is 9.97. The molecule has 2 rings (SSSR count). The van der Waals surface area contributed by atoms with Crippen LogP contribution < -0.4 is 10.0 Å². The Balaban J connectivity index is 2.29. The molecule has 8 nitrogen and oxygen atoms in total. The maximum atomic E-state index is 12.3. The SMILES string of the molecule is CNS(=O)(=O)c1cc(C(=O)NC2(C(=O)O)CCCC2)c(C)o1. The molecule has 9 heteroatoms. The number of aliphatic carboxylic acids is 1. The van der Waals surface area contributed by atoms with E-state index >= 15 is 0 Å². The van der Waals surface area contributed by atoms with Crippen molar-refractivity contribution in [2.75, 3.05) is 7.05 Å². The third-order valence-electron chi connectivity index (χ3n) is 3.89. The van der Waals surface area contributed by atoms with E-state index < -0.39 is 27.4 Å². The fraction of sp³-hybridized carbons (Fsp3) is 0.538. The first-order valence-corrected chi connectivity index (χ1v) is 8.30. The van der Waals surface area contributed by atoms with Gasteiger partial charge in [0.1, 0.15) is 11.3 Å². The molecule has 0 radical (unpaired) electrons. The quantitative estimate of drug-likeness (QED) is 0.727. The summed E-state index contributed by atoms with van der Waals surface area (Å²) < 4.78 is 30.5. The third kappa shape index (κ3) is 2.86. The lowest BCUT2D eigenvalue weighted by Crippen LogP contribution is -2.52. The highest BCUT2D eigenvalue weighted by Gasteiger charge is 2.43. The van der Waals surface area contributed by atoms with Crippen LogP contribution in [0.1, 0.15) is 41.8 Å². The normalized spacial score (nSPS) is 17.4. The maximum Gasteiger partial charge on any atom is 0.329 e. The van der Waals surface area contributed by atoms with Gasteiger partial charge in [-0.2, -0.15) is 0 Å². The molecule has 0 aromatic carbocycles. The van der Waals surface area contributed by atoms with Gasteiger partial charge in [-0.15, -0.1) is 0 Å². The summed E-state index contributed by atoms with van der Waals surface area (Å²) >= 11 is 0. The van der Waals surface area contributed by atoms with Crippen LogP contribution in [0.3, 0.4) is 0 Å². The Morgan fingerprint density at radius 2 is 1.91 bits per heavy atom. The summed E-state index contributed by atoms with van der Waals surface area (Å²) in [5.41, 5.74) is -1.27. The topological polar surface area (TPSA) is 126 Å². The van der Waals surface area contributed by atoms with E-state index in [9.17, 15) is 23.1 Å². The highest BCUT2D eigenvalue weighted by atomic mass is 32.2. The summed E-state index contributed by atoms with van der Waals surface area (Å²) in [6, 6.07) is 1.10. The first-order chi connectivity index (χ1) is 10.2. The molecule has 1 saturated carbocycles. The molecule has 1 aliphatic carbocycles. The predicted octanol–water partition coefficient (Wildman–Crippen LogP) is 0.623. The number of rotatable bonds is 5. The third-order valence-corrected chi connectivity index (χ3v) is 5.16. The number of carboxylic acid groups (broad SMARTS) is 1. The number of hydrogen-bond donors (Lipinski definition) is 3. The van der Waals surface area contributed by atoms with E-state index in [1.165, 1.54) is 14.0 Å². The van der Waals surface area contributed by atoms with Gasteiger partial charge in [0.2, 0.25) is 5.09 Å². The number of amides is 1. The molecule has 0 saturated heterocycles. The second-order valence-corrected chi connectivity index (χ2v) is 7.11. The molecule has 0 atom stereocenters. The minimum absolute atomic E-state index is 0.0151. The zero-order valence-corrected chi connectivity index (χ0v) is 13.1. The summed E-state index contributed by atoms with van der Waals surface area (Å²) in [5, 5.41) is 11.5. The van der Waals surface area contributed by atoms with Crippen LogP contribution in [0.4, 0.5) is 0 Å². The number of sulfonamides is 1. The first-order valence-electron chi connectivity index (χ1n) is 6.82. The molecular weight excluding hydrogens is 312 g/mol. The fourth-order valence-corrected chi connectivity index (χ4v) is 3.28. The number of carbonyl (C=O) groups excluding carboxylic acids is 1. The Labute approximate surface area is 127 Å². The van der Waals surface area contributed by atoms with Crippen LogP contribution >= 0.6 is 0 Å². The van der Waals surface area contributed by atoms with E-state index in [0.717, 1.165) is 18.9 Å². The molecule has 1 aromatic heterocycles. The number of aryl methyl sites for hydroxylation is 1. The van der Waals surface area contributed by atoms with Crippen molar-refractivity contribution in [3.63, 3.8) is 0 Å². The number of hydrogen-bond acceptors (Lipinski definition) is 5. The Hall–Kier alpha value is -1.87. The number of nitrogens with one attached hydrogen (secondary N) is 2. The number of furan rings is 1. The van der Waals surface area contributed by atoms with Crippen LogP contribution in [0.25, 0.3) is 0 Å². The van der Waals surface area contributed by atoms with Crippen LogP contribution in [-0.2, 0) is 14.8 Å². The zero-order valence-electron chi connectivity index (χ0n) is 12.3. The van der Waals surface area contributed by atoms with Crippen LogP contribution in [0, 0.1) is 6.92 Å². The summed E-state index contributed by atoms with van der Waals surface area (Å²) in [7, 11) is -2.58. The van der Waals surface area contributed by atoms with Crippen molar-refractivity contribution in [1.29, 1.82) is 0 Å². The number of carbonyl (C=O) groups is 2. The van der Waals surface area contributed by atoms with Gasteiger partial charge in [-0.1, -0.05) is 12.8 Å².